The molecule has 1 N–H and O–H groups in total. The van der Waals surface area contributed by atoms with E-state index in [9.17, 15) is 22.0 Å². The van der Waals surface area contributed by atoms with E-state index in [0.29, 0.717) is 0 Å². The van der Waals surface area contributed by atoms with Crippen molar-refractivity contribution in [3.63, 3.8) is 0 Å². The van der Waals surface area contributed by atoms with E-state index in [4.69, 9.17) is 0 Å². The summed E-state index contributed by atoms with van der Waals surface area (Å²) in [5.74, 6) is -3.18. The summed E-state index contributed by atoms with van der Waals surface area (Å²) in [6, 6.07) is -2.05. The largest absolute Gasteiger partial charge is 0.404 e. The predicted octanol–water partition coefficient (Wildman–Crippen LogP) is 1.94. The van der Waals surface area contributed by atoms with E-state index in [1.807, 2.05) is 5.32 Å². The molecule has 1 aliphatic heterocycles. The normalized spacial score (nSPS) is 30.2. The van der Waals surface area contributed by atoms with Crippen LogP contribution in [0.1, 0.15) is 12.8 Å². The third kappa shape index (κ3) is 2.30. The Labute approximate surface area is 65.9 Å². The number of nitrogens with one attached hydrogen (secondary N) is 1. The first-order chi connectivity index (χ1) is 5.31. The molecule has 1 heterocycles. The lowest BCUT2D eigenvalue weighted by atomic mass is 10.0. The molecule has 0 aromatic rings. The van der Waals surface area contributed by atoms with Crippen molar-refractivity contribution >= 4 is 0 Å². The zero-order valence-corrected chi connectivity index (χ0v) is 6.09. The lowest BCUT2D eigenvalue weighted by Crippen LogP contribution is -2.51. The Morgan fingerprint density at radius 3 is 2.17 bits per heavy atom. The zero-order chi connectivity index (χ0) is 9.41. The Kier molecular flexibility index (Phi) is 2.29. The van der Waals surface area contributed by atoms with Crippen molar-refractivity contribution in [1.82, 2.24) is 5.32 Å². The second-order valence-electron chi connectivity index (χ2n) is 2.86. The SMILES string of the molecule is FC1(F)CCN[C@@H](C(F)(F)F)C1. The quantitative estimate of drug-likeness (QED) is 0.574. The second kappa shape index (κ2) is 2.83. The van der Waals surface area contributed by atoms with Gasteiger partial charge in [0.15, 0.2) is 0 Å². The fourth-order valence-electron chi connectivity index (χ4n) is 1.13. The molecule has 6 heteroatoms. The van der Waals surface area contributed by atoms with Gasteiger partial charge in [0, 0.05) is 19.4 Å². The van der Waals surface area contributed by atoms with Gasteiger partial charge in [-0.25, -0.2) is 8.78 Å². The molecule has 1 fully saturated rings. The first-order valence-electron chi connectivity index (χ1n) is 3.49. The minimum absolute atomic E-state index is 0.281. The number of alkyl halides is 5. The van der Waals surface area contributed by atoms with Gasteiger partial charge in [0.25, 0.3) is 5.92 Å². The zero-order valence-electron chi connectivity index (χ0n) is 6.09. The predicted molar refractivity (Wildman–Crippen MR) is 32.0 cm³/mol. The molecule has 1 rings (SSSR count). The minimum atomic E-state index is -4.57. The Balaban J connectivity index is 2.58. The highest BCUT2D eigenvalue weighted by Crippen LogP contribution is 2.34. The van der Waals surface area contributed by atoms with E-state index in [0.717, 1.165) is 0 Å². The molecule has 0 saturated carbocycles. The van der Waals surface area contributed by atoms with E-state index in [1.165, 1.54) is 0 Å². The van der Waals surface area contributed by atoms with E-state index >= 15 is 0 Å². The second-order valence-corrected chi connectivity index (χ2v) is 2.86. The molecule has 1 aliphatic rings. The standard InChI is InChI=1S/C6H8F5N/c7-5(8)1-2-12-4(3-5)6(9,10)11/h4,12H,1-3H2/t4-/m1/s1. The summed E-state index contributed by atoms with van der Waals surface area (Å²) in [6.07, 6.45) is -6.22. The molecule has 1 atom stereocenters. The van der Waals surface area contributed by atoms with Gasteiger partial charge in [-0.1, -0.05) is 0 Å². The Bertz CT molecular complexity index is 161. The van der Waals surface area contributed by atoms with Gasteiger partial charge in [0.2, 0.25) is 0 Å². The van der Waals surface area contributed by atoms with Crippen LogP contribution in [0, 0.1) is 0 Å². The van der Waals surface area contributed by atoms with Crippen LogP contribution in [-0.2, 0) is 0 Å². The number of halogens is 5. The number of piperidine rings is 1. The van der Waals surface area contributed by atoms with E-state index in [-0.39, 0.29) is 6.54 Å². The van der Waals surface area contributed by atoms with Gasteiger partial charge < -0.3 is 5.32 Å². The van der Waals surface area contributed by atoms with Crippen LogP contribution in [0.4, 0.5) is 22.0 Å². The van der Waals surface area contributed by atoms with E-state index in [1.54, 1.807) is 0 Å². The van der Waals surface area contributed by atoms with Crippen molar-refractivity contribution < 1.29 is 22.0 Å². The Hall–Kier alpha value is -0.390. The molecule has 0 bridgehead atoms. The van der Waals surface area contributed by atoms with Crippen molar-refractivity contribution in [2.75, 3.05) is 6.54 Å². The van der Waals surface area contributed by atoms with Crippen LogP contribution in [0.2, 0.25) is 0 Å². The Morgan fingerprint density at radius 2 is 1.83 bits per heavy atom. The van der Waals surface area contributed by atoms with Crippen LogP contribution in [0.15, 0.2) is 0 Å². The fourth-order valence-corrected chi connectivity index (χ4v) is 1.13. The molecule has 0 unspecified atom stereocenters. The van der Waals surface area contributed by atoms with Gasteiger partial charge in [-0.15, -0.1) is 0 Å². The highest BCUT2D eigenvalue weighted by atomic mass is 19.4. The van der Waals surface area contributed by atoms with Crippen LogP contribution >= 0.6 is 0 Å². The molecule has 1 nitrogen and oxygen atoms in total. The van der Waals surface area contributed by atoms with Gasteiger partial charge >= 0.3 is 6.18 Å². The van der Waals surface area contributed by atoms with E-state index in [2.05, 4.69) is 0 Å². The highest BCUT2D eigenvalue weighted by Gasteiger charge is 2.48. The maximum absolute atomic E-state index is 12.4. The van der Waals surface area contributed by atoms with Crippen molar-refractivity contribution in [3.05, 3.63) is 0 Å². The molecular weight excluding hydrogens is 181 g/mol. The van der Waals surface area contributed by atoms with Crippen molar-refractivity contribution in [3.8, 4) is 0 Å². The van der Waals surface area contributed by atoms with Crippen LogP contribution in [0.3, 0.4) is 0 Å². The summed E-state index contributed by atoms with van der Waals surface area (Å²) < 4.78 is 60.6. The first-order valence-corrected chi connectivity index (χ1v) is 3.49. The van der Waals surface area contributed by atoms with Gasteiger partial charge in [-0.3, -0.25) is 0 Å². The van der Waals surface area contributed by atoms with Crippen LogP contribution in [0.25, 0.3) is 0 Å². The van der Waals surface area contributed by atoms with Gasteiger partial charge in [0.05, 0.1) is 0 Å². The average Bonchev–Trinajstić information content (AvgIpc) is 1.83. The van der Waals surface area contributed by atoms with Crippen molar-refractivity contribution in [2.24, 2.45) is 0 Å². The summed E-state index contributed by atoms with van der Waals surface area (Å²) >= 11 is 0. The highest BCUT2D eigenvalue weighted by molar-refractivity contribution is 4.87. The van der Waals surface area contributed by atoms with Crippen LogP contribution in [-0.4, -0.2) is 24.7 Å². The third-order valence-corrected chi connectivity index (χ3v) is 1.78. The average molecular weight is 189 g/mol. The van der Waals surface area contributed by atoms with Gasteiger partial charge in [-0.2, -0.15) is 13.2 Å². The smallest absolute Gasteiger partial charge is 0.306 e. The van der Waals surface area contributed by atoms with Crippen molar-refractivity contribution in [1.29, 1.82) is 0 Å². The summed E-state index contributed by atoms with van der Waals surface area (Å²) in [7, 11) is 0. The molecule has 0 amide bonds. The third-order valence-electron chi connectivity index (χ3n) is 1.78. The maximum Gasteiger partial charge on any atom is 0.404 e. The van der Waals surface area contributed by atoms with Crippen LogP contribution < -0.4 is 5.32 Å². The molecule has 0 aromatic carbocycles. The molecule has 12 heavy (non-hydrogen) atoms. The van der Waals surface area contributed by atoms with Crippen LogP contribution in [0.5, 0.6) is 0 Å². The number of hydrogen-bond donors (Lipinski definition) is 1. The summed E-state index contributed by atoms with van der Waals surface area (Å²) in [5.41, 5.74) is 0. The maximum atomic E-state index is 12.4. The molecular formula is C6H8F5N. The number of hydrogen-bond acceptors (Lipinski definition) is 1. The lowest BCUT2D eigenvalue weighted by Gasteiger charge is -2.31. The van der Waals surface area contributed by atoms with Crippen molar-refractivity contribution in [2.45, 2.75) is 31.0 Å². The van der Waals surface area contributed by atoms with E-state index < -0.39 is 31.0 Å². The molecule has 0 aromatic heterocycles. The van der Waals surface area contributed by atoms with Gasteiger partial charge in [-0.05, 0) is 0 Å². The molecule has 0 spiro atoms. The first kappa shape index (κ1) is 9.70. The number of rotatable bonds is 0. The van der Waals surface area contributed by atoms with Gasteiger partial charge in [0.1, 0.15) is 6.04 Å². The molecule has 72 valence electrons. The summed E-state index contributed by atoms with van der Waals surface area (Å²) in [5, 5.41) is 2.01. The molecule has 0 radical (unpaired) electrons. The lowest BCUT2D eigenvalue weighted by molar-refractivity contribution is -0.183. The molecule has 0 aliphatic carbocycles. The topological polar surface area (TPSA) is 12.0 Å². The Morgan fingerprint density at radius 1 is 1.25 bits per heavy atom. The molecule has 1 saturated heterocycles. The summed E-state index contributed by atoms with van der Waals surface area (Å²) in [6.45, 7) is -0.281. The minimum Gasteiger partial charge on any atom is -0.306 e. The fraction of sp³-hybridized carbons (Fsp3) is 1.00. The monoisotopic (exact) mass is 189 g/mol. The summed E-state index contributed by atoms with van der Waals surface area (Å²) in [4.78, 5) is 0.